The van der Waals surface area contributed by atoms with Gasteiger partial charge in [-0.3, -0.25) is 4.79 Å². The molecule has 3 aromatic rings. The second kappa shape index (κ2) is 6.41. The van der Waals surface area contributed by atoms with Gasteiger partial charge in [0.25, 0.3) is 0 Å². The Balaban J connectivity index is 1.92. The Morgan fingerprint density at radius 3 is 2.65 bits per heavy atom. The van der Waals surface area contributed by atoms with Gasteiger partial charge < -0.3 is 16.0 Å². The van der Waals surface area contributed by atoms with Crippen molar-refractivity contribution in [3.05, 3.63) is 36.1 Å². The van der Waals surface area contributed by atoms with E-state index in [-0.39, 0.29) is 0 Å². The van der Waals surface area contributed by atoms with E-state index < -0.39 is 23.6 Å². The van der Waals surface area contributed by atoms with E-state index in [4.69, 9.17) is 5.73 Å². The second-order valence-corrected chi connectivity index (χ2v) is 6.23. The van der Waals surface area contributed by atoms with E-state index in [1.54, 1.807) is 19.2 Å². The number of benzene rings is 1. The van der Waals surface area contributed by atoms with E-state index in [2.05, 4.69) is 9.97 Å². The molecule has 3 N–H and O–H groups in total. The van der Waals surface area contributed by atoms with Crippen LogP contribution in [-0.4, -0.2) is 29.1 Å². The quantitative estimate of drug-likeness (QED) is 0.672. The molecule has 0 aliphatic rings. The molecule has 0 saturated heterocycles. The van der Waals surface area contributed by atoms with E-state index in [9.17, 15) is 22.4 Å². The molecule has 11 heteroatoms. The summed E-state index contributed by atoms with van der Waals surface area (Å²) in [7, 11) is 1.60. The third-order valence-corrected chi connectivity index (χ3v) is 4.24. The van der Waals surface area contributed by atoms with E-state index in [1.807, 2.05) is 0 Å². The van der Waals surface area contributed by atoms with Crippen molar-refractivity contribution < 1.29 is 22.4 Å². The lowest BCUT2D eigenvalue weighted by molar-refractivity contribution is -0.167. The van der Waals surface area contributed by atoms with E-state index in [0.29, 0.717) is 27.0 Å². The predicted octanol–water partition coefficient (Wildman–Crippen LogP) is 3.68. The summed E-state index contributed by atoms with van der Waals surface area (Å²) in [6.45, 7) is 0. The summed E-state index contributed by atoms with van der Waals surface area (Å²) < 4.78 is 50.9. The number of alkyl halides is 3. The van der Waals surface area contributed by atoms with E-state index in [1.165, 1.54) is 27.6 Å². The summed E-state index contributed by atoms with van der Waals surface area (Å²) in [6.07, 6.45) is -5.12. The van der Waals surface area contributed by atoms with E-state index >= 15 is 0 Å². The van der Waals surface area contributed by atoms with Gasteiger partial charge in [0.15, 0.2) is 5.13 Å². The predicted molar refractivity (Wildman–Crippen MR) is 91.0 cm³/mol. The molecule has 0 aliphatic carbocycles. The van der Waals surface area contributed by atoms with Crippen LogP contribution in [0.15, 0.2) is 30.3 Å². The molecule has 0 radical (unpaired) electrons. The van der Waals surface area contributed by atoms with Crippen LogP contribution < -0.4 is 16.0 Å². The Bertz CT molecular complexity index is 988. The van der Waals surface area contributed by atoms with Crippen molar-refractivity contribution in [3.8, 4) is 0 Å². The summed E-state index contributed by atoms with van der Waals surface area (Å²) in [5.41, 5.74) is 5.98. The van der Waals surface area contributed by atoms with Gasteiger partial charge in [-0.25, -0.2) is 14.4 Å². The van der Waals surface area contributed by atoms with Gasteiger partial charge in [-0.15, -0.1) is 0 Å². The van der Waals surface area contributed by atoms with Crippen LogP contribution in [0.5, 0.6) is 0 Å². The highest BCUT2D eigenvalue weighted by atomic mass is 32.1. The number of nitrogens with zero attached hydrogens (tertiary/aromatic N) is 3. The number of hydrogen-bond acceptors (Lipinski definition) is 6. The standard InChI is InChI=1S/C15H11F4N5OS/c1-24(11-5-4-9-12(23-11)26-14(20)22-9)7-2-3-8(16)10(6-7)21-13(25)15(17,18)19/h2-6H,1H3,(H2,20,22)(H,21,25). The summed E-state index contributed by atoms with van der Waals surface area (Å²) >= 11 is 1.18. The van der Waals surface area contributed by atoms with Gasteiger partial charge in [-0.05, 0) is 30.3 Å². The van der Waals surface area contributed by atoms with Crippen LogP contribution in [0.2, 0.25) is 0 Å². The third kappa shape index (κ3) is 3.52. The number of nitrogens with one attached hydrogen (secondary N) is 1. The van der Waals surface area contributed by atoms with Gasteiger partial charge in [0, 0.05) is 12.7 Å². The molecule has 0 aliphatic heterocycles. The Morgan fingerprint density at radius 2 is 1.96 bits per heavy atom. The molecule has 0 fully saturated rings. The number of aromatic nitrogens is 2. The molecule has 26 heavy (non-hydrogen) atoms. The lowest BCUT2D eigenvalue weighted by Gasteiger charge is -2.19. The second-order valence-electron chi connectivity index (χ2n) is 5.22. The SMILES string of the molecule is CN(c1ccc(F)c(NC(=O)C(F)(F)F)c1)c1ccc2nc(N)sc2n1. The summed E-state index contributed by atoms with van der Waals surface area (Å²) in [6, 6.07) is 6.73. The first kappa shape index (κ1) is 17.9. The highest BCUT2D eigenvalue weighted by Crippen LogP contribution is 2.30. The topological polar surface area (TPSA) is 84.1 Å². The molecule has 0 spiro atoms. The fourth-order valence-corrected chi connectivity index (χ4v) is 2.85. The van der Waals surface area contributed by atoms with Crippen molar-refractivity contribution in [2.75, 3.05) is 23.0 Å². The van der Waals surface area contributed by atoms with Crippen molar-refractivity contribution in [3.63, 3.8) is 0 Å². The van der Waals surface area contributed by atoms with Crippen molar-refractivity contribution in [2.45, 2.75) is 6.18 Å². The average molecular weight is 385 g/mol. The van der Waals surface area contributed by atoms with Crippen LogP contribution in [0.4, 0.5) is 39.9 Å². The number of nitrogens with two attached hydrogens (primary N) is 1. The Hall–Kier alpha value is -2.95. The van der Waals surface area contributed by atoms with E-state index in [0.717, 1.165) is 12.1 Å². The third-order valence-electron chi connectivity index (χ3n) is 3.44. The number of carbonyl (C=O) groups is 1. The number of anilines is 4. The zero-order valence-electron chi connectivity index (χ0n) is 13.1. The number of amides is 1. The van der Waals surface area contributed by atoms with Crippen LogP contribution in [0.3, 0.4) is 0 Å². The van der Waals surface area contributed by atoms with Crippen molar-refractivity contribution >= 4 is 49.9 Å². The number of hydrogen-bond donors (Lipinski definition) is 2. The molecule has 3 rings (SSSR count). The molecule has 1 aromatic carbocycles. The summed E-state index contributed by atoms with van der Waals surface area (Å²) in [5, 5.41) is 1.87. The number of halogens is 4. The zero-order chi connectivity index (χ0) is 19.1. The highest BCUT2D eigenvalue weighted by molar-refractivity contribution is 7.21. The molecule has 0 saturated carbocycles. The molecule has 2 heterocycles. The molecular weight excluding hydrogens is 374 g/mol. The normalized spacial score (nSPS) is 11.6. The molecular formula is C15H11F4N5OS. The Kier molecular flexibility index (Phi) is 4.40. The van der Waals surface area contributed by atoms with Gasteiger partial charge in [0.05, 0.1) is 5.69 Å². The number of fused-ring (bicyclic) bond motifs is 1. The number of rotatable bonds is 3. The average Bonchev–Trinajstić information content (AvgIpc) is 2.94. The summed E-state index contributed by atoms with van der Waals surface area (Å²) in [5.74, 6) is -2.80. The number of thiazole rings is 1. The minimum absolute atomic E-state index is 0.327. The Morgan fingerprint density at radius 1 is 1.23 bits per heavy atom. The molecule has 0 unspecified atom stereocenters. The fraction of sp³-hybridized carbons (Fsp3) is 0.133. The molecule has 6 nitrogen and oxygen atoms in total. The number of pyridine rings is 1. The maximum atomic E-state index is 13.8. The van der Waals surface area contributed by atoms with Crippen molar-refractivity contribution in [1.82, 2.24) is 9.97 Å². The van der Waals surface area contributed by atoms with Gasteiger partial charge >= 0.3 is 12.1 Å². The Labute approximate surface area is 148 Å². The maximum absolute atomic E-state index is 13.8. The van der Waals surface area contributed by atoms with Gasteiger partial charge in [0.1, 0.15) is 22.0 Å². The first-order chi connectivity index (χ1) is 12.1. The fourth-order valence-electron chi connectivity index (χ4n) is 2.15. The van der Waals surface area contributed by atoms with Crippen LogP contribution >= 0.6 is 11.3 Å². The van der Waals surface area contributed by atoms with Crippen LogP contribution in [0.25, 0.3) is 10.3 Å². The molecule has 0 bridgehead atoms. The lowest BCUT2D eigenvalue weighted by Crippen LogP contribution is -2.30. The summed E-state index contributed by atoms with van der Waals surface area (Å²) in [4.78, 5) is 21.6. The largest absolute Gasteiger partial charge is 0.471 e. The molecule has 136 valence electrons. The van der Waals surface area contributed by atoms with Crippen LogP contribution in [0, 0.1) is 5.82 Å². The van der Waals surface area contributed by atoms with Gasteiger partial charge in [-0.1, -0.05) is 11.3 Å². The molecule has 1 amide bonds. The zero-order valence-corrected chi connectivity index (χ0v) is 14.0. The van der Waals surface area contributed by atoms with Crippen molar-refractivity contribution in [1.29, 1.82) is 0 Å². The number of nitrogen functional groups attached to an aromatic ring is 1. The monoisotopic (exact) mass is 385 g/mol. The minimum atomic E-state index is -5.12. The lowest BCUT2D eigenvalue weighted by atomic mass is 10.2. The van der Waals surface area contributed by atoms with Crippen LogP contribution in [-0.2, 0) is 4.79 Å². The van der Waals surface area contributed by atoms with Gasteiger partial charge in [-0.2, -0.15) is 13.2 Å². The molecule has 2 aromatic heterocycles. The first-order valence-electron chi connectivity index (χ1n) is 7.09. The molecule has 0 atom stereocenters. The van der Waals surface area contributed by atoms with Gasteiger partial charge in [0.2, 0.25) is 0 Å². The van der Waals surface area contributed by atoms with Crippen molar-refractivity contribution in [2.24, 2.45) is 0 Å². The smallest absolute Gasteiger partial charge is 0.375 e. The number of carbonyl (C=O) groups excluding carboxylic acids is 1. The highest BCUT2D eigenvalue weighted by Gasteiger charge is 2.39. The maximum Gasteiger partial charge on any atom is 0.471 e. The van der Waals surface area contributed by atoms with Crippen LogP contribution in [0.1, 0.15) is 0 Å². The first-order valence-corrected chi connectivity index (χ1v) is 7.91. The minimum Gasteiger partial charge on any atom is -0.375 e.